The summed E-state index contributed by atoms with van der Waals surface area (Å²) in [7, 11) is 0. The average molecular weight is 217 g/mol. The van der Waals surface area contributed by atoms with Gasteiger partial charge in [0.2, 0.25) is 0 Å². The molecule has 10 heavy (non-hydrogen) atoms. The second-order valence-corrected chi connectivity index (χ2v) is 2.40. The van der Waals surface area contributed by atoms with E-state index in [2.05, 4.69) is 0 Å². The van der Waals surface area contributed by atoms with Crippen LogP contribution in [0.3, 0.4) is 0 Å². The molecule has 0 aromatic carbocycles. The molecule has 3 heteroatoms. The second kappa shape index (κ2) is 6.44. The van der Waals surface area contributed by atoms with E-state index in [1.165, 1.54) is 0 Å². The average Bonchev–Trinajstić information content (AvgIpc) is 1.64. The van der Waals surface area contributed by atoms with Crippen LogP contribution in [-0.4, -0.2) is 11.8 Å². The Hall–Kier alpha value is 0.734. The maximum absolute atomic E-state index is 10.6. The first-order valence-electron chi connectivity index (χ1n) is 3.06. The van der Waals surface area contributed by atoms with Crippen molar-refractivity contribution in [2.75, 3.05) is 0 Å². The molecule has 57 valence electrons. The van der Waals surface area contributed by atoms with Crippen LogP contribution >= 0.6 is 0 Å². The Labute approximate surface area is 87.8 Å². The van der Waals surface area contributed by atoms with Crippen LogP contribution in [0, 0.1) is 7.43 Å². The zero-order valence-corrected chi connectivity index (χ0v) is 9.31. The van der Waals surface area contributed by atoms with Crippen molar-refractivity contribution in [3.63, 3.8) is 0 Å². The molecule has 0 spiro atoms. The van der Waals surface area contributed by atoms with Gasteiger partial charge in [-0.1, -0.05) is 0 Å². The van der Waals surface area contributed by atoms with E-state index in [-0.39, 0.29) is 46.2 Å². The van der Waals surface area contributed by atoms with Crippen LogP contribution in [0.25, 0.3) is 0 Å². The number of Topliss-reactive ketones (excluding diaryl/α,β-unsaturated/α-hetero) is 1. The van der Waals surface area contributed by atoms with Gasteiger partial charge in [0, 0.05) is 51.6 Å². The van der Waals surface area contributed by atoms with Crippen LogP contribution in [0.5, 0.6) is 0 Å². The zero-order valence-electron chi connectivity index (χ0n) is 6.47. The van der Waals surface area contributed by atoms with Crippen molar-refractivity contribution < 1.29 is 37.5 Å². The molecule has 2 nitrogen and oxygen atoms in total. The largest absolute Gasteiger partial charge is 0.358 e. The Bertz CT molecular complexity index is 106. The third kappa shape index (κ3) is 4.53. The van der Waals surface area contributed by atoms with Gasteiger partial charge in [-0.15, -0.1) is 0 Å². The minimum Gasteiger partial charge on any atom is -0.358 e. The van der Waals surface area contributed by atoms with E-state index in [0.717, 1.165) is 19.3 Å². The van der Waals surface area contributed by atoms with Crippen molar-refractivity contribution in [1.82, 2.24) is 0 Å². The molecule has 1 aliphatic carbocycles. The van der Waals surface area contributed by atoms with Gasteiger partial charge in [-0.05, 0) is 12.8 Å². The minimum absolute atomic E-state index is 0. The fourth-order valence-corrected chi connectivity index (χ4v) is 1.06. The smallest absolute Gasteiger partial charge is 0.134 e. The van der Waals surface area contributed by atoms with Gasteiger partial charge in [-0.2, -0.15) is 0 Å². The van der Waals surface area contributed by atoms with Crippen molar-refractivity contribution >= 4 is 5.78 Å². The normalized spacial score (nSPS) is 24.5. The van der Waals surface area contributed by atoms with E-state index in [9.17, 15) is 4.79 Å². The molecule has 0 aromatic rings. The first-order valence-corrected chi connectivity index (χ1v) is 3.06. The van der Waals surface area contributed by atoms with Crippen LogP contribution < -0.4 is 5.73 Å². The number of carbonyl (C=O) groups is 1. The Kier molecular flexibility index (Phi) is 8.59. The number of rotatable bonds is 0. The van der Waals surface area contributed by atoms with Gasteiger partial charge in [0.1, 0.15) is 5.78 Å². The van der Waals surface area contributed by atoms with Gasteiger partial charge in [0.15, 0.2) is 0 Å². The molecule has 1 rings (SSSR count). The molecular formula is C7H14NOY-. The summed E-state index contributed by atoms with van der Waals surface area (Å²) >= 11 is 0. The summed E-state index contributed by atoms with van der Waals surface area (Å²) in [6.07, 6.45) is 3.40. The number of hydrogen-bond acceptors (Lipinski definition) is 2. The number of hydrogen-bond donors (Lipinski definition) is 1. The van der Waals surface area contributed by atoms with Gasteiger partial charge < -0.3 is 13.2 Å². The van der Waals surface area contributed by atoms with Gasteiger partial charge in [0.25, 0.3) is 0 Å². The SMILES string of the molecule is NC1CCCC(=O)C1.[CH3-].[Y]. The molecule has 1 aliphatic rings. The molecule has 1 unspecified atom stereocenters. The Morgan fingerprint density at radius 2 is 2.10 bits per heavy atom. The van der Waals surface area contributed by atoms with E-state index in [1.807, 2.05) is 0 Å². The fourth-order valence-electron chi connectivity index (χ4n) is 1.06. The molecule has 0 heterocycles. The Morgan fingerprint density at radius 1 is 1.50 bits per heavy atom. The van der Waals surface area contributed by atoms with E-state index < -0.39 is 0 Å². The predicted octanol–water partition coefficient (Wildman–Crippen LogP) is 0.905. The molecule has 1 saturated carbocycles. The van der Waals surface area contributed by atoms with Crippen LogP contribution in [0.1, 0.15) is 25.7 Å². The van der Waals surface area contributed by atoms with E-state index in [0.29, 0.717) is 12.2 Å². The first-order chi connectivity index (χ1) is 3.79. The monoisotopic (exact) mass is 217 g/mol. The third-order valence-electron chi connectivity index (χ3n) is 1.52. The van der Waals surface area contributed by atoms with Crippen molar-refractivity contribution in [3.05, 3.63) is 7.43 Å². The van der Waals surface area contributed by atoms with E-state index >= 15 is 0 Å². The fraction of sp³-hybridized carbons (Fsp3) is 0.714. The predicted molar refractivity (Wildman–Crippen MR) is 37.9 cm³/mol. The molecule has 0 amide bonds. The molecule has 1 radical (unpaired) electrons. The summed E-state index contributed by atoms with van der Waals surface area (Å²) in [6.45, 7) is 0. The van der Waals surface area contributed by atoms with Crippen molar-refractivity contribution in [1.29, 1.82) is 0 Å². The van der Waals surface area contributed by atoms with E-state index in [4.69, 9.17) is 5.73 Å². The molecule has 0 aromatic heterocycles. The number of ketones is 1. The molecule has 0 saturated heterocycles. The second-order valence-electron chi connectivity index (χ2n) is 2.40. The quantitative estimate of drug-likeness (QED) is 0.612. The number of carbonyl (C=O) groups excluding carboxylic acids is 1. The summed E-state index contributed by atoms with van der Waals surface area (Å²) in [5, 5.41) is 0. The molecule has 2 N–H and O–H groups in total. The van der Waals surface area contributed by atoms with Crippen LogP contribution in [0.2, 0.25) is 0 Å². The third-order valence-corrected chi connectivity index (χ3v) is 1.52. The molecule has 0 bridgehead atoms. The molecular weight excluding hydrogens is 203 g/mol. The maximum Gasteiger partial charge on any atom is 0.134 e. The Balaban J connectivity index is 0. The summed E-state index contributed by atoms with van der Waals surface area (Å²) in [4.78, 5) is 10.6. The minimum atomic E-state index is 0. The standard InChI is InChI=1S/C6H11NO.CH3.Y/c7-5-2-1-3-6(8)4-5;;/h5H,1-4,7H2;1H3;/q;-1;. The van der Waals surface area contributed by atoms with Crippen molar-refractivity contribution in [2.45, 2.75) is 31.7 Å². The van der Waals surface area contributed by atoms with Crippen LogP contribution in [-0.2, 0) is 37.5 Å². The van der Waals surface area contributed by atoms with Gasteiger partial charge in [-0.3, -0.25) is 4.79 Å². The van der Waals surface area contributed by atoms with Gasteiger partial charge in [0.05, 0.1) is 0 Å². The summed E-state index contributed by atoms with van der Waals surface area (Å²) in [6, 6.07) is 0.163. The van der Waals surface area contributed by atoms with E-state index in [1.54, 1.807) is 0 Å². The summed E-state index contributed by atoms with van der Waals surface area (Å²) in [5.74, 6) is 0.337. The zero-order chi connectivity index (χ0) is 5.98. The Morgan fingerprint density at radius 3 is 2.40 bits per heavy atom. The van der Waals surface area contributed by atoms with Crippen molar-refractivity contribution in [3.8, 4) is 0 Å². The van der Waals surface area contributed by atoms with Crippen LogP contribution in [0.15, 0.2) is 0 Å². The molecule has 1 fully saturated rings. The van der Waals surface area contributed by atoms with Gasteiger partial charge in [-0.25, -0.2) is 0 Å². The van der Waals surface area contributed by atoms with Crippen LogP contribution in [0.4, 0.5) is 0 Å². The summed E-state index contributed by atoms with van der Waals surface area (Å²) < 4.78 is 0. The topological polar surface area (TPSA) is 43.1 Å². The van der Waals surface area contributed by atoms with Crippen molar-refractivity contribution in [2.24, 2.45) is 5.73 Å². The molecule has 1 atom stereocenters. The number of nitrogens with two attached hydrogens (primary N) is 1. The maximum atomic E-state index is 10.6. The first kappa shape index (κ1) is 13.3. The molecule has 0 aliphatic heterocycles. The van der Waals surface area contributed by atoms with Gasteiger partial charge >= 0.3 is 0 Å². The summed E-state index contributed by atoms with van der Waals surface area (Å²) in [5.41, 5.74) is 5.50.